The Balaban J connectivity index is 2.18. The summed E-state index contributed by atoms with van der Waals surface area (Å²) in [5.41, 5.74) is 7.02. The van der Waals surface area contributed by atoms with Crippen molar-refractivity contribution in [3.05, 3.63) is 59.2 Å². The van der Waals surface area contributed by atoms with E-state index in [-0.39, 0.29) is 0 Å². The molecule has 30 heavy (non-hydrogen) atoms. The standard InChI is InChI=1S/C21H24N2O6S/c1-4-29-17-11-13(9-10-16(17)28-3)18(12(2)30(26)27)23-19(20(22)24)14-7-5-6-8-15(14)21(23)25/h5-12,18-19H,4H2,1-3H3,(H2,22,24)(H,26,27)/t12?,18-,19?/m1/s1. The van der Waals surface area contributed by atoms with Crippen LogP contribution in [0.4, 0.5) is 0 Å². The Morgan fingerprint density at radius 1 is 1.27 bits per heavy atom. The summed E-state index contributed by atoms with van der Waals surface area (Å²) >= 11 is -2.28. The number of carbonyl (C=O) groups is 2. The number of amides is 2. The maximum atomic E-state index is 13.3. The molecular weight excluding hydrogens is 408 g/mol. The van der Waals surface area contributed by atoms with Gasteiger partial charge in [0.15, 0.2) is 22.6 Å². The summed E-state index contributed by atoms with van der Waals surface area (Å²) in [7, 11) is 1.50. The Morgan fingerprint density at radius 3 is 2.57 bits per heavy atom. The topological polar surface area (TPSA) is 119 Å². The van der Waals surface area contributed by atoms with Gasteiger partial charge in [-0.3, -0.25) is 9.59 Å². The lowest BCUT2D eigenvalue weighted by Gasteiger charge is -2.35. The van der Waals surface area contributed by atoms with Gasteiger partial charge >= 0.3 is 0 Å². The van der Waals surface area contributed by atoms with Crippen molar-refractivity contribution in [2.75, 3.05) is 13.7 Å². The number of methoxy groups -OCH3 is 1. The van der Waals surface area contributed by atoms with E-state index in [2.05, 4.69) is 0 Å². The fourth-order valence-electron chi connectivity index (χ4n) is 3.83. The molecule has 3 rings (SSSR count). The van der Waals surface area contributed by atoms with E-state index in [1.165, 1.54) is 12.0 Å². The summed E-state index contributed by atoms with van der Waals surface area (Å²) in [6, 6.07) is 9.74. The SMILES string of the molecule is CCOc1cc([C@@H](C(C)S(=O)O)N2C(=O)c3ccccc3C2C(N)=O)ccc1OC. The number of primary amides is 1. The van der Waals surface area contributed by atoms with E-state index < -0.39 is 40.2 Å². The van der Waals surface area contributed by atoms with Crippen LogP contribution < -0.4 is 15.2 Å². The lowest BCUT2D eigenvalue weighted by molar-refractivity contribution is -0.123. The van der Waals surface area contributed by atoms with Gasteiger partial charge in [-0.1, -0.05) is 24.3 Å². The zero-order chi connectivity index (χ0) is 22.0. The monoisotopic (exact) mass is 432 g/mol. The van der Waals surface area contributed by atoms with E-state index in [0.717, 1.165) is 0 Å². The van der Waals surface area contributed by atoms with Crippen molar-refractivity contribution in [3.63, 3.8) is 0 Å². The maximum absolute atomic E-state index is 13.3. The van der Waals surface area contributed by atoms with Gasteiger partial charge in [-0.25, -0.2) is 4.21 Å². The Kier molecular flexibility index (Phi) is 6.42. The summed E-state index contributed by atoms with van der Waals surface area (Å²) in [5, 5.41) is -0.909. The molecule has 0 aliphatic carbocycles. The molecule has 0 saturated carbocycles. The largest absolute Gasteiger partial charge is 0.493 e. The van der Waals surface area contributed by atoms with E-state index >= 15 is 0 Å². The molecule has 4 atom stereocenters. The Labute approximate surface area is 177 Å². The summed E-state index contributed by atoms with van der Waals surface area (Å²) in [6.07, 6.45) is 0. The van der Waals surface area contributed by atoms with E-state index in [1.807, 2.05) is 6.92 Å². The lowest BCUT2D eigenvalue weighted by Crippen LogP contribution is -2.43. The van der Waals surface area contributed by atoms with E-state index in [9.17, 15) is 18.4 Å². The molecule has 1 aliphatic rings. The number of nitrogens with zero attached hydrogens (tertiary/aromatic N) is 1. The molecular formula is C21H24N2O6S. The highest BCUT2D eigenvalue weighted by Gasteiger charge is 2.46. The van der Waals surface area contributed by atoms with Gasteiger partial charge in [-0.15, -0.1) is 0 Å². The number of fused-ring (bicyclic) bond motifs is 1. The van der Waals surface area contributed by atoms with Gasteiger partial charge in [0.05, 0.1) is 25.0 Å². The summed E-state index contributed by atoms with van der Waals surface area (Å²) in [4.78, 5) is 26.9. The smallest absolute Gasteiger partial charge is 0.255 e. The van der Waals surface area contributed by atoms with Crippen molar-refractivity contribution >= 4 is 22.9 Å². The number of carbonyl (C=O) groups excluding carboxylic acids is 2. The minimum Gasteiger partial charge on any atom is -0.493 e. The fourth-order valence-corrected chi connectivity index (χ4v) is 4.34. The first kappa shape index (κ1) is 21.8. The average molecular weight is 432 g/mol. The van der Waals surface area contributed by atoms with Crippen molar-refractivity contribution < 1.29 is 27.8 Å². The van der Waals surface area contributed by atoms with E-state index in [4.69, 9.17) is 15.2 Å². The quantitative estimate of drug-likeness (QED) is 0.619. The van der Waals surface area contributed by atoms with Gasteiger partial charge in [0, 0.05) is 5.56 Å². The predicted molar refractivity (Wildman–Crippen MR) is 112 cm³/mol. The molecule has 1 heterocycles. The van der Waals surface area contributed by atoms with Crippen LogP contribution in [-0.2, 0) is 15.9 Å². The molecule has 2 amide bonds. The number of ether oxygens (including phenoxy) is 2. The van der Waals surface area contributed by atoms with Crippen LogP contribution in [-0.4, -0.2) is 44.4 Å². The van der Waals surface area contributed by atoms with E-state index in [1.54, 1.807) is 49.4 Å². The van der Waals surface area contributed by atoms with Gasteiger partial charge in [0.1, 0.15) is 6.04 Å². The molecule has 160 valence electrons. The van der Waals surface area contributed by atoms with Crippen molar-refractivity contribution in [1.82, 2.24) is 4.90 Å². The number of benzene rings is 2. The summed E-state index contributed by atoms with van der Waals surface area (Å²) < 4.78 is 32.9. The number of rotatable bonds is 8. The van der Waals surface area contributed by atoms with E-state index in [0.29, 0.717) is 34.8 Å². The van der Waals surface area contributed by atoms with Crippen LogP contribution in [0.1, 0.15) is 47.4 Å². The molecule has 8 nitrogen and oxygen atoms in total. The third-order valence-corrected chi connectivity index (χ3v) is 6.05. The van der Waals surface area contributed by atoms with Crippen molar-refractivity contribution in [1.29, 1.82) is 0 Å². The molecule has 0 radical (unpaired) electrons. The molecule has 0 bridgehead atoms. The summed E-state index contributed by atoms with van der Waals surface area (Å²) in [6.45, 7) is 3.74. The van der Waals surface area contributed by atoms with Gasteiger partial charge < -0.3 is 24.7 Å². The lowest BCUT2D eigenvalue weighted by atomic mass is 9.99. The minimum absolute atomic E-state index is 0.348. The van der Waals surface area contributed by atoms with Crippen LogP contribution in [0.25, 0.3) is 0 Å². The second-order valence-corrected chi connectivity index (χ2v) is 8.17. The number of hydrogen-bond donors (Lipinski definition) is 2. The van der Waals surface area contributed by atoms with Crippen LogP contribution in [0.3, 0.4) is 0 Å². The Morgan fingerprint density at radius 2 is 1.97 bits per heavy atom. The van der Waals surface area contributed by atoms with Gasteiger partial charge in [0.25, 0.3) is 5.91 Å². The van der Waals surface area contributed by atoms with Gasteiger partial charge in [-0.05, 0) is 43.2 Å². The predicted octanol–water partition coefficient (Wildman–Crippen LogP) is 2.43. The first-order chi connectivity index (χ1) is 14.3. The highest BCUT2D eigenvalue weighted by Crippen LogP contribution is 2.43. The van der Waals surface area contributed by atoms with Crippen LogP contribution in [0.5, 0.6) is 11.5 Å². The second-order valence-electron chi connectivity index (χ2n) is 6.87. The van der Waals surface area contributed by atoms with Crippen molar-refractivity contribution in [3.8, 4) is 11.5 Å². The molecule has 1 aliphatic heterocycles. The van der Waals surface area contributed by atoms with Crippen LogP contribution in [0.2, 0.25) is 0 Å². The van der Waals surface area contributed by atoms with Crippen LogP contribution in [0, 0.1) is 0 Å². The van der Waals surface area contributed by atoms with Crippen molar-refractivity contribution in [2.24, 2.45) is 5.73 Å². The van der Waals surface area contributed by atoms with Crippen LogP contribution in [0.15, 0.2) is 42.5 Å². The molecule has 0 aromatic heterocycles. The zero-order valence-electron chi connectivity index (χ0n) is 16.9. The Bertz CT molecular complexity index is 995. The van der Waals surface area contributed by atoms with Gasteiger partial charge in [0.2, 0.25) is 5.91 Å². The average Bonchev–Trinajstić information content (AvgIpc) is 3.01. The third-order valence-electron chi connectivity index (χ3n) is 5.16. The highest BCUT2D eigenvalue weighted by molar-refractivity contribution is 7.79. The molecule has 0 spiro atoms. The van der Waals surface area contributed by atoms with Crippen molar-refractivity contribution in [2.45, 2.75) is 31.2 Å². The molecule has 2 aromatic rings. The molecule has 3 unspecified atom stereocenters. The maximum Gasteiger partial charge on any atom is 0.255 e. The van der Waals surface area contributed by atoms with Gasteiger partial charge in [-0.2, -0.15) is 0 Å². The zero-order valence-corrected chi connectivity index (χ0v) is 17.7. The third kappa shape index (κ3) is 3.78. The molecule has 3 N–H and O–H groups in total. The number of nitrogens with two attached hydrogens (primary N) is 1. The first-order valence-corrected chi connectivity index (χ1v) is 10.6. The minimum atomic E-state index is -2.28. The highest BCUT2D eigenvalue weighted by atomic mass is 32.2. The molecule has 0 saturated heterocycles. The van der Waals surface area contributed by atoms with Crippen LogP contribution >= 0.6 is 0 Å². The fraction of sp³-hybridized carbons (Fsp3) is 0.333. The molecule has 2 aromatic carbocycles. The first-order valence-electron chi connectivity index (χ1n) is 9.43. The Hall–Kier alpha value is -2.91. The second kappa shape index (κ2) is 8.85. The molecule has 0 fully saturated rings. The number of hydrogen-bond acceptors (Lipinski definition) is 5. The molecule has 9 heteroatoms. The normalized spacial score (nSPS) is 18.5. The summed E-state index contributed by atoms with van der Waals surface area (Å²) in [5.74, 6) is -0.226.